The van der Waals surface area contributed by atoms with Gasteiger partial charge in [-0.25, -0.2) is 0 Å². The minimum atomic E-state index is -0.401. The van der Waals surface area contributed by atoms with Crippen LogP contribution in [0.1, 0.15) is 33.6 Å². The van der Waals surface area contributed by atoms with Crippen molar-refractivity contribution in [1.82, 2.24) is 10.2 Å². The zero-order valence-electron chi connectivity index (χ0n) is 11.4. The van der Waals surface area contributed by atoms with Crippen LogP contribution in [0, 0.1) is 0 Å². The molecule has 0 bridgehead atoms. The Balaban J connectivity index is 1.59. The molecule has 2 rings (SSSR count). The summed E-state index contributed by atoms with van der Waals surface area (Å²) in [4.78, 5) is 2.56. The highest BCUT2D eigenvalue weighted by Gasteiger charge is 2.29. The second kappa shape index (κ2) is 5.65. The molecule has 0 aromatic rings. The van der Waals surface area contributed by atoms with Gasteiger partial charge in [-0.05, 0) is 33.2 Å². The van der Waals surface area contributed by atoms with Crippen LogP contribution in [-0.2, 0) is 9.47 Å². The van der Waals surface area contributed by atoms with Gasteiger partial charge in [0.1, 0.15) is 0 Å². The zero-order valence-corrected chi connectivity index (χ0v) is 11.4. The largest absolute Gasteiger partial charge is 0.349 e. The molecule has 0 radical (unpaired) electrons. The molecular formula is C13H26N2O2. The Kier molecular flexibility index (Phi) is 4.42. The SMILES string of the molecule is CCN(CCNC1COC(C)(C)OC1)C1CC1. The predicted molar refractivity (Wildman–Crippen MR) is 68.0 cm³/mol. The molecule has 0 unspecified atom stereocenters. The first-order chi connectivity index (χ1) is 8.11. The van der Waals surface area contributed by atoms with Gasteiger partial charge >= 0.3 is 0 Å². The molecule has 100 valence electrons. The third kappa shape index (κ3) is 4.21. The van der Waals surface area contributed by atoms with Crippen LogP contribution in [0.3, 0.4) is 0 Å². The van der Waals surface area contributed by atoms with Crippen LogP contribution in [0.5, 0.6) is 0 Å². The Morgan fingerprint density at radius 1 is 1.24 bits per heavy atom. The Morgan fingerprint density at radius 2 is 1.88 bits per heavy atom. The molecule has 2 fully saturated rings. The molecule has 1 heterocycles. The summed E-state index contributed by atoms with van der Waals surface area (Å²) in [5.41, 5.74) is 0. The van der Waals surface area contributed by atoms with E-state index < -0.39 is 5.79 Å². The summed E-state index contributed by atoms with van der Waals surface area (Å²) in [5, 5.41) is 3.52. The number of ether oxygens (including phenoxy) is 2. The van der Waals surface area contributed by atoms with E-state index in [9.17, 15) is 0 Å². The van der Waals surface area contributed by atoms with E-state index in [-0.39, 0.29) is 0 Å². The standard InChI is InChI=1S/C13H26N2O2/c1-4-15(12-5-6-12)8-7-14-11-9-16-13(2,3)17-10-11/h11-12,14H,4-10H2,1-3H3. The van der Waals surface area contributed by atoms with Crippen LogP contribution < -0.4 is 5.32 Å². The zero-order chi connectivity index (χ0) is 12.3. The minimum Gasteiger partial charge on any atom is -0.349 e. The number of nitrogens with zero attached hydrogens (tertiary/aromatic N) is 1. The van der Waals surface area contributed by atoms with Gasteiger partial charge in [0.2, 0.25) is 0 Å². The Hall–Kier alpha value is -0.160. The molecule has 0 atom stereocenters. The number of nitrogens with one attached hydrogen (secondary N) is 1. The van der Waals surface area contributed by atoms with Crippen molar-refractivity contribution in [3.63, 3.8) is 0 Å². The van der Waals surface area contributed by atoms with E-state index in [0.717, 1.165) is 38.9 Å². The summed E-state index contributed by atoms with van der Waals surface area (Å²) in [5.74, 6) is -0.401. The van der Waals surface area contributed by atoms with E-state index in [4.69, 9.17) is 9.47 Å². The lowest BCUT2D eigenvalue weighted by Crippen LogP contribution is -2.50. The van der Waals surface area contributed by atoms with Crippen molar-refractivity contribution in [3.05, 3.63) is 0 Å². The van der Waals surface area contributed by atoms with E-state index in [1.807, 2.05) is 13.8 Å². The molecule has 0 aromatic carbocycles. The van der Waals surface area contributed by atoms with Crippen molar-refractivity contribution in [2.75, 3.05) is 32.8 Å². The molecule has 1 saturated heterocycles. The lowest BCUT2D eigenvalue weighted by molar-refractivity contribution is -0.252. The van der Waals surface area contributed by atoms with Gasteiger partial charge in [-0.1, -0.05) is 6.92 Å². The monoisotopic (exact) mass is 242 g/mol. The van der Waals surface area contributed by atoms with Crippen LogP contribution in [0.4, 0.5) is 0 Å². The topological polar surface area (TPSA) is 33.7 Å². The van der Waals surface area contributed by atoms with Gasteiger partial charge < -0.3 is 14.8 Å². The first kappa shape index (κ1) is 13.3. The van der Waals surface area contributed by atoms with Crippen molar-refractivity contribution in [2.24, 2.45) is 0 Å². The molecule has 1 saturated carbocycles. The molecule has 4 heteroatoms. The third-order valence-corrected chi connectivity index (χ3v) is 3.57. The fourth-order valence-electron chi connectivity index (χ4n) is 2.26. The highest BCUT2D eigenvalue weighted by Crippen LogP contribution is 2.25. The summed E-state index contributed by atoms with van der Waals surface area (Å²) in [6.07, 6.45) is 2.77. The smallest absolute Gasteiger partial charge is 0.162 e. The lowest BCUT2D eigenvalue weighted by Gasteiger charge is -2.35. The summed E-state index contributed by atoms with van der Waals surface area (Å²) >= 11 is 0. The number of rotatable bonds is 6. The number of hydrogen-bond acceptors (Lipinski definition) is 4. The number of likely N-dealkylation sites (N-methyl/N-ethyl adjacent to an activating group) is 1. The Bertz CT molecular complexity index is 232. The van der Waals surface area contributed by atoms with Crippen molar-refractivity contribution in [2.45, 2.75) is 51.5 Å². The quantitative estimate of drug-likeness (QED) is 0.759. The third-order valence-electron chi connectivity index (χ3n) is 3.57. The molecule has 0 aromatic heterocycles. The van der Waals surface area contributed by atoms with Gasteiger partial charge in [-0.15, -0.1) is 0 Å². The van der Waals surface area contributed by atoms with E-state index in [0.29, 0.717) is 6.04 Å². The normalized spacial score (nSPS) is 25.4. The number of hydrogen-bond donors (Lipinski definition) is 1. The lowest BCUT2D eigenvalue weighted by atomic mass is 10.2. The molecule has 4 nitrogen and oxygen atoms in total. The van der Waals surface area contributed by atoms with Gasteiger partial charge in [-0.3, -0.25) is 4.90 Å². The maximum absolute atomic E-state index is 5.62. The van der Waals surface area contributed by atoms with Gasteiger partial charge in [0.15, 0.2) is 5.79 Å². The summed E-state index contributed by atoms with van der Waals surface area (Å²) in [7, 11) is 0. The average molecular weight is 242 g/mol. The molecular weight excluding hydrogens is 216 g/mol. The van der Waals surface area contributed by atoms with E-state index in [2.05, 4.69) is 17.1 Å². The Labute approximate surface area is 105 Å². The van der Waals surface area contributed by atoms with Crippen LogP contribution in [0.2, 0.25) is 0 Å². The predicted octanol–water partition coefficient (Wildman–Crippen LogP) is 1.21. The molecule has 2 aliphatic rings. The van der Waals surface area contributed by atoms with Crippen LogP contribution >= 0.6 is 0 Å². The molecule has 1 aliphatic heterocycles. The highest BCUT2D eigenvalue weighted by molar-refractivity contribution is 4.84. The van der Waals surface area contributed by atoms with Crippen molar-refractivity contribution in [3.8, 4) is 0 Å². The van der Waals surface area contributed by atoms with Gasteiger partial charge in [0.05, 0.1) is 19.3 Å². The molecule has 1 N–H and O–H groups in total. The molecule has 0 amide bonds. The summed E-state index contributed by atoms with van der Waals surface area (Å²) in [6, 6.07) is 1.21. The maximum Gasteiger partial charge on any atom is 0.162 e. The van der Waals surface area contributed by atoms with Crippen LogP contribution in [0.15, 0.2) is 0 Å². The summed E-state index contributed by atoms with van der Waals surface area (Å²) < 4.78 is 11.2. The van der Waals surface area contributed by atoms with E-state index in [1.165, 1.54) is 12.8 Å². The highest BCUT2D eigenvalue weighted by atomic mass is 16.7. The van der Waals surface area contributed by atoms with Gasteiger partial charge in [0, 0.05) is 19.1 Å². The Morgan fingerprint density at radius 3 is 2.41 bits per heavy atom. The van der Waals surface area contributed by atoms with Crippen molar-refractivity contribution >= 4 is 0 Å². The molecule has 1 aliphatic carbocycles. The summed E-state index contributed by atoms with van der Waals surface area (Å²) in [6.45, 7) is 11.0. The van der Waals surface area contributed by atoms with Crippen molar-refractivity contribution in [1.29, 1.82) is 0 Å². The fraction of sp³-hybridized carbons (Fsp3) is 1.00. The second-order valence-electron chi connectivity index (χ2n) is 5.53. The first-order valence-electron chi connectivity index (χ1n) is 6.86. The van der Waals surface area contributed by atoms with Gasteiger partial charge in [-0.2, -0.15) is 0 Å². The fourth-order valence-corrected chi connectivity index (χ4v) is 2.26. The van der Waals surface area contributed by atoms with Crippen LogP contribution in [-0.4, -0.2) is 55.6 Å². The average Bonchev–Trinajstić information content (AvgIpc) is 3.10. The van der Waals surface area contributed by atoms with E-state index >= 15 is 0 Å². The van der Waals surface area contributed by atoms with E-state index in [1.54, 1.807) is 0 Å². The molecule has 17 heavy (non-hydrogen) atoms. The second-order valence-corrected chi connectivity index (χ2v) is 5.53. The van der Waals surface area contributed by atoms with Crippen LogP contribution in [0.25, 0.3) is 0 Å². The van der Waals surface area contributed by atoms with Crippen molar-refractivity contribution < 1.29 is 9.47 Å². The first-order valence-corrected chi connectivity index (χ1v) is 6.86. The minimum absolute atomic E-state index is 0.348. The van der Waals surface area contributed by atoms with Gasteiger partial charge in [0.25, 0.3) is 0 Å². The molecule has 0 spiro atoms. The maximum atomic E-state index is 5.62.